The van der Waals surface area contributed by atoms with Gasteiger partial charge in [0.05, 0.1) is 11.2 Å². The molecule has 0 aliphatic rings. The smallest absolute Gasteiger partial charge is 0.123 e. The van der Waals surface area contributed by atoms with E-state index >= 15 is 0 Å². The van der Waals surface area contributed by atoms with Crippen LogP contribution in [0.2, 0.25) is 0 Å². The topological polar surface area (TPSA) is 9.34 Å². The van der Waals surface area contributed by atoms with E-state index in [-0.39, 0.29) is 0 Å². The van der Waals surface area contributed by atoms with Gasteiger partial charge in [-0.3, -0.25) is 8.97 Å². The lowest BCUT2D eigenvalue weighted by Gasteiger charge is -2.13. The van der Waals surface area contributed by atoms with Gasteiger partial charge in [-0.05, 0) is 51.0 Å². The van der Waals surface area contributed by atoms with Crippen LogP contribution in [0.15, 0.2) is 48.5 Å². The van der Waals surface area contributed by atoms with Gasteiger partial charge >= 0.3 is 0 Å². The first kappa shape index (κ1) is 13.2. The predicted molar refractivity (Wildman–Crippen MR) is 93.2 cm³/mol. The summed E-state index contributed by atoms with van der Waals surface area (Å²) in [6, 6.07) is 17.4. The van der Waals surface area contributed by atoms with Crippen molar-refractivity contribution < 1.29 is 0 Å². The molecule has 0 bridgehead atoms. The summed E-state index contributed by atoms with van der Waals surface area (Å²) in [6.45, 7) is 8.80. The maximum atomic E-state index is 2.40. The monoisotopic (exact) mass is 288 g/mol. The van der Waals surface area contributed by atoms with Crippen LogP contribution < -0.4 is 0 Å². The molecule has 2 aromatic carbocycles. The molecule has 0 radical (unpaired) electrons. The zero-order chi connectivity index (χ0) is 15.4. The third-order valence-electron chi connectivity index (χ3n) is 4.78. The van der Waals surface area contributed by atoms with Crippen LogP contribution in [0.4, 0.5) is 0 Å². The molecule has 0 fully saturated rings. The largest absolute Gasteiger partial charge is 0.298 e. The number of rotatable bonds is 1. The molecule has 0 N–H and O–H groups in total. The van der Waals surface area contributed by atoms with Crippen molar-refractivity contribution in [1.29, 1.82) is 0 Å². The molecular weight excluding hydrogens is 268 g/mol. The molecule has 0 unspecified atom stereocenters. The standard InChI is InChI=1S/C20H20N2/c1-13-8-7-9-14(2)20(13)22-16(4)15(3)21-18-11-6-5-10-17(18)12-19(21)22/h5-12H,1-4H3. The van der Waals surface area contributed by atoms with Crippen molar-refractivity contribution in [2.75, 3.05) is 0 Å². The van der Waals surface area contributed by atoms with E-state index in [0.717, 1.165) is 0 Å². The highest BCUT2D eigenvalue weighted by molar-refractivity contribution is 5.87. The van der Waals surface area contributed by atoms with Gasteiger partial charge in [-0.2, -0.15) is 0 Å². The van der Waals surface area contributed by atoms with E-state index < -0.39 is 0 Å². The van der Waals surface area contributed by atoms with Crippen LogP contribution in [0, 0.1) is 27.7 Å². The van der Waals surface area contributed by atoms with Crippen molar-refractivity contribution in [3.05, 3.63) is 71.0 Å². The minimum atomic E-state index is 1.24. The van der Waals surface area contributed by atoms with Crippen LogP contribution >= 0.6 is 0 Å². The van der Waals surface area contributed by atoms with Crippen molar-refractivity contribution in [1.82, 2.24) is 8.97 Å². The van der Waals surface area contributed by atoms with E-state index in [1.807, 2.05) is 0 Å². The van der Waals surface area contributed by atoms with Gasteiger partial charge in [-0.25, -0.2) is 0 Å². The molecule has 0 saturated heterocycles. The molecule has 0 saturated carbocycles. The van der Waals surface area contributed by atoms with Crippen LogP contribution in [0.3, 0.4) is 0 Å². The van der Waals surface area contributed by atoms with Gasteiger partial charge in [0.25, 0.3) is 0 Å². The number of aryl methyl sites for hydroxylation is 3. The zero-order valence-corrected chi connectivity index (χ0v) is 13.5. The molecule has 0 spiro atoms. The lowest BCUT2D eigenvalue weighted by molar-refractivity contribution is 1.01. The molecule has 22 heavy (non-hydrogen) atoms. The predicted octanol–water partition coefficient (Wildman–Crippen LogP) is 5.12. The van der Waals surface area contributed by atoms with Gasteiger partial charge in [0.1, 0.15) is 5.65 Å². The Bertz CT molecular complexity index is 995. The summed E-state index contributed by atoms with van der Waals surface area (Å²) in [5, 5.41) is 1.29. The summed E-state index contributed by atoms with van der Waals surface area (Å²) in [5.74, 6) is 0. The molecule has 2 aromatic heterocycles. The fourth-order valence-corrected chi connectivity index (χ4v) is 3.59. The lowest BCUT2D eigenvalue weighted by atomic mass is 10.1. The van der Waals surface area contributed by atoms with Gasteiger partial charge in [0.2, 0.25) is 0 Å². The molecule has 0 aliphatic heterocycles. The number of nitrogens with zero attached hydrogens (tertiary/aromatic N) is 2. The minimum absolute atomic E-state index is 1.24. The third kappa shape index (κ3) is 1.61. The van der Waals surface area contributed by atoms with Crippen molar-refractivity contribution in [3.8, 4) is 5.69 Å². The Morgan fingerprint density at radius 1 is 0.727 bits per heavy atom. The first-order valence-electron chi connectivity index (χ1n) is 7.74. The molecule has 4 rings (SSSR count). The van der Waals surface area contributed by atoms with Crippen molar-refractivity contribution in [2.45, 2.75) is 27.7 Å². The second kappa shape index (κ2) is 4.51. The van der Waals surface area contributed by atoms with E-state index in [4.69, 9.17) is 0 Å². The molecule has 0 amide bonds. The summed E-state index contributed by atoms with van der Waals surface area (Å²) in [5.41, 5.74) is 9.06. The van der Waals surface area contributed by atoms with E-state index in [0.29, 0.717) is 0 Å². The minimum Gasteiger partial charge on any atom is -0.298 e. The fraction of sp³-hybridized carbons (Fsp3) is 0.200. The molecule has 2 nitrogen and oxygen atoms in total. The second-order valence-corrected chi connectivity index (χ2v) is 6.14. The van der Waals surface area contributed by atoms with Gasteiger partial charge < -0.3 is 0 Å². The summed E-state index contributed by atoms with van der Waals surface area (Å²) in [7, 11) is 0. The molecule has 0 aliphatic carbocycles. The average molecular weight is 288 g/mol. The van der Waals surface area contributed by atoms with Gasteiger partial charge in [0, 0.05) is 16.8 Å². The maximum Gasteiger partial charge on any atom is 0.123 e. The van der Waals surface area contributed by atoms with E-state index in [2.05, 4.69) is 85.2 Å². The Balaban J connectivity index is 2.21. The Kier molecular flexibility index (Phi) is 2.70. The van der Waals surface area contributed by atoms with Gasteiger partial charge in [-0.1, -0.05) is 36.4 Å². The highest BCUT2D eigenvalue weighted by Crippen LogP contribution is 2.31. The SMILES string of the molecule is Cc1cccc(C)c1-n1c(C)c(C)n2c3ccccc3cc12. The molecule has 2 heterocycles. The van der Waals surface area contributed by atoms with E-state index in [1.165, 1.54) is 44.8 Å². The highest BCUT2D eigenvalue weighted by Gasteiger charge is 2.17. The second-order valence-electron chi connectivity index (χ2n) is 6.14. The number of aromatic nitrogens is 2. The van der Waals surface area contributed by atoms with Crippen LogP contribution in [0.25, 0.3) is 22.2 Å². The zero-order valence-electron chi connectivity index (χ0n) is 13.5. The number of imidazole rings is 1. The Morgan fingerprint density at radius 3 is 2.14 bits per heavy atom. The Morgan fingerprint density at radius 2 is 1.41 bits per heavy atom. The van der Waals surface area contributed by atoms with Crippen molar-refractivity contribution >= 4 is 16.6 Å². The van der Waals surface area contributed by atoms with E-state index in [9.17, 15) is 0 Å². The number of benzene rings is 2. The third-order valence-corrected chi connectivity index (χ3v) is 4.78. The molecule has 4 aromatic rings. The maximum absolute atomic E-state index is 2.40. The summed E-state index contributed by atoms with van der Waals surface area (Å²) < 4.78 is 4.77. The molecule has 110 valence electrons. The van der Waals surface area contributed by atoms with Gasteiger partial charge in [0.15, 0.2) is 0 Å². The fourth-order valence-electron chi connectivity index (χ4n) is 3.59. The number of para-hydroxylation sites is 2. The molecule has 0 atom stereocenters. The van der Waals surface area contributed by atoms with Crippen LogP contribution in [0.1, 0.15) is 22.5 Å². The van der Waals surface area contributed by atoms with Crippen LogP contribution in [-0.4, -0.2) is 8.97 Å². The summed E-state index contributed by atoms with van der Waals surface area (Å²) in [6.07, 6.45) is 0. The average Bonchev–Trinajstić information content (AvgIpc) is 2.98. The van der Waals surface area contributed by atoms with E-state index in [1.54, 1.807) is 0 Å². The van der Waals surface area contributed by atoms with Crippen LogP contribution in [0.5, 0.6) is 0 Å². The normalized spacial score (nSPS) is 11.6. The number of hydrogen-bond acceptors (Lipinski definition) is 0. The Labute approximate surface area is 130 Å². The highest BCUT2D eigenvalue weighted by atomic mass is 15.1. The lowest BCUT2D eigenvalue weighted by Crippen LogP contribution is -2.02. The summed E-state index contributed by atoms with van der Waals surface area (Å²) in [4.78, 5) is 0. The van der Waals surface area contributed by atoms with Gasteiger partial charge in [-0.15, -0.1) is 0 Å². The summed E-state index contributed by atoms with van der Waals surface area (Å²) >= 11 is 0. The van der Waals surface area contributed by atoms with Crippen LogP contribution in [-0.2, 0) is 0 Å². The Hall–Kier alpha value is -2.48. The number of hydrogen-bond donors (Lipinski definition) is 0. The van der Waals surface area contributed by atoms with Crippen molar-refractivity contribution in [3.63, 3.8) is 0 Å². The van der Waals surface area contributed by atoms with Crippen molar-refractivity contribution in [2.24, 2.45) is 0 Å². The molecular formula is C20H20N2. The first-order chi connectivity index (χ1) is 10.6. The first-order valence-corrected chi connectivity index (χ1v) is 7.74. The quantitative estimate of drug-likeness (QED) is 0.460. The molecule has 2 heteroatoms. The number of fused-ring (bicyclic) bond motifs is 3.